The molecule has 1 atom stereocenters. The van der Waals surface area contributed by atoms with Gasteiger partial charge in [0, 0.05) is 6.54 Å². The summed E-state index contributed by atoms with van der Waals surface area (Å²) in [7, 11) is 0. The van der Waals surface area contributed by atoms with Crippen molar-refractivity contribution in [1.29, 1.82) is 5.26 Å². The summed E-state index contributed by atoms with van der Waals surface area (Å²) in [4.78, 5) is 28.4. The van der Waals surface area contributed by atoms with Crippen molar-refractivity contribution >= 4 is 23.6 Å². The molecule has 0 fully saturated rings. The van der Waals surface area contributed by atoms with E-state index >= 15 is 0 Å². The number of esters is 1. The van der Waals surface area contributed by atoms with Crippen LogP contribution in [0.5, 0.6) is 0 Å². The van der Waals surface area contributed by atoms with Crippen LogP contribution in [0.2, 0.25) is 0 Å². The highest BCUT2D eigenvalue weighted by Gasteiger charge is 2.19. The number of aromatic nitrogens is 1. The molecule has 0 unspecified atom stereocenters. The van der Waals surface area contributed by atoms with Gasteiger partial charge in [0.05, 0.1) is 17.4 Å². The zero-order valence-corrected chi connectivity index (χ0v) is 16.6. The molecule has 1 aromatic rings. The minimum absolute atomic E-state index is 0.108. The molecule has 0 spiro atoms. The number of pyridine rings is 1. The molecule has 7 heteroatoms. The second-order valence-corrected chi connectivity index (χ2v) is 7.62. The Labute approximate surface area is 164 Å². The molecule has 0 radical (unpaired) electrons. The van der Waals surface area contributed by atoms with Gasteiger partial charge >= 0.3 is 5.97 Å². The average Bonchev–Trinajstić information content (AvgIpc) is 2.68. The fourth-order valence-corrected chi connectivity index (χ4v) is 3.69. The van der Waals surface area contributed by atoms with E-state index in [9.17, 15) is 14.9 Å². The lowest BCUT2D eigenvalue weighted by Crippen LogP contribution is -2.32. The number of nitriles is 1. The zero-order valence-electron chi connectivity index (χ0n) is 15.8. The maximum Gasteiger partial charge on any atom is 0.356 e. The Kier molecular flexibility index (Phi) is 8.34. The van der Waals surface area contributed by atoms with E-state index in [1.54, 1.807) is 13.8 Å². The summed E-state index contributed by atoms with van der Waals surface area (Å²) in [6.45, 7) is 4.34. The minimum atomic E-state index is -0.540. The molecule has 144 valence electrons. The first-order valence-electron chi connectivity index (χ1n) is 9.25. The summed E-state index contributed by atoms with van der Waals surface area (Å²) in [5, 5.41) is 12.1. The average molecular weight is 388 g/mol. The van der Waals surface area contributed by atoms with Crippen molar-refractivity contribution in [2.24, 2.45) is 0 Å². The smallest absolute Gasteiger partial charge is 0.356 e. The van der Waals surface area contributed by atoms with Crippen LogP contribution < -0.4 is 5.32 Å². The van der Waals surface area contributed by atoms with E-state index < -0.39 is 11.2 Å². The van der Waals surface area contributed by atoms with E-state index in [4.69, 9.17) is 4.74 Å². The lowest BCUT2D eigenvalue weighted by atomic mass is 9.97. The summed E-state index contributed by atoms with van der Waals surface area (Å²) < 4.78 is 4.94. The van der Waals surface area contributed by atoms with Crippen molar-refractivity contribution < 1.29 is 14.3 Å². The molecule has 0 aromatic carbocycles. The fourth-order valence-electron chi connectivity index (χ4n) is 2.78. The maximum atomic E-state index is 12.4. The van der Waals surface area contributed by atoms with Gasteiger partial charge in [0.25, 0.3) is 0 Å². The minimum Gasteiger partial charge on any atom is -0.461 e. The molecule has 0 aliphatic heterocycles. The van der Waals surface area contributed by atoms with Gasteiger partial charge in [-0.3, -0.25) is 4.79 Å². The van der Waals surface area contributed by atoms with Gasteiger partial charge < -0.3 is 10.1 Å². The number of rotatable bonds is 8. The van der Waals surface area contributed by atoms with E-state index in [1.165, 1.54) is 42.3 Å². The third-order valence-corrected chi connectivity index (χ3v) is 5.36. The van der Waals surface area contributed by atoms with Crippen molar-refractivity contribution in [3.8, 4) is 6.07 Å². The summed E-state index contributed by atoms with van der Waals surface area (Å²) in [5.41, 5.74) is 1.88. The standard InChI is InChI=1S/C20H25N3O3S/c1-3-26-20(25)17-10-9-16(13-21)19(23-17)27-14(2)18(24)22-12-11-15-7-5-4-6-8-15/h7,9-10,14H,3-6,8,11-12H2,1-2H3,(H,22,24)/t14-/m0/s1. The molecule has 2 rings (SSSR count). The molecule has 0 bridgehead atoms. The Hall–Kier alpha value is -2.33. The van der Waals surface area contributed by atoms with Crippen molar-refractivity contribution in [3.63, 3.8) is 0 Å². The van der Waals surface area contributed by atoms with Crippen molar-refractivity contribution in [2.45, 2.75) is 56.2 Å². The monoisotopic (exact) mass is 387 g/mol. The molecule has 6 nitrogen and oxygen atoms in total. The van der Waals surface area contributed by atoms with Crippen LogP contribution in [-0.2, 0) is 9.53 Å². The molecule has 0 saturated heterocycles. The highest BCUT2D eigenvalue weighted by molar-refractivity contribution is 8.00. The second kappa shape index (κ2) is 10.7. The van der Waals surface area contributed by atoms with Gasteiger partial charge in [-0.1, -0.05) is 23.4 Å². The highest BCUT2D eigenvalue weighted by atomic mass is 32.2. The Morgan fingerprint density at radius 1 is 1.41 bits per heavy atom. The third kappa shape index (κ3) is 6.40. The molecule has 1 amide bonds. The Morgan fingerprint density at radius 3 is 2.89 bits per heavy atom. The van der Waals surface area contributed by atoms with Crippen LogP contribution in [0.3, 0.4) is 0 Å². The molecule has 1 aliphatic rings. The summed E-state index contributed by atoms with van der Waals surface area (Å²) in [6, 6.07) is 5.04. The number of nitrogens with zero attached hydrogens (tertiary/aromatic N) is 2. The van der Waals surface area contributed by atoms with Gasteiger partial charge in [-0.05, 0) is 58.1 Å². The van der Waals surface area contributed by atoms with Gasteiger partial charge in [0.15, 0.2) is 0 Å². The quantitative estimate of drug-likeness (QED) is 0.416. The van der Waals surface area contributed by atoms with E-state index in [2.05, 4.69) is 16.4 Å². The number of ether oxygens (including phenoxy) is 1. The number of thioether (sulfide) groups is 1. The first kappa shape index (κ1) is 21.0. The van der Waals surface area contributed by atoms with Gasteiger partial charge in [0.1, 0.15) is 16.8 Å². The number of allylic oxidation sites excluding steroid dienone is 1. The second-order valence-electron chi connectivity index (χ2n) is 6.29. The molecule has 1 aromatic heterocycles. The van der Waals surface area contributed by atoms with Gasteiger partial charge in [-0.2, -0.15) is 5.26 Å². The molecule has 1 heterocycles. The topological polar surface area (TPSA) is 92.1 Å². The number of amides is 1. The summed E-state index contributed by atoms with van der Waals surface area (Å²) in [5.74, 6) is -0.648. The Bertz CT molecular complexity index is 755. The van der Waals surface area contributed by atoms with Gasteiger partial charge in [-0.15, -0.1) is 0 Å². The van der Waals surface area contributed by atoms with Crippen molar-refractivity contribution in [3.05, 3.63) is 35.0 Å². The zero-order chi connectivity index (χ0) is 19.6. The van der Waals surface area contributed by atoms with Crippen molar-refractivity contribution in [2.75, 3.05) is 13.2 Å². The van der Waals surface area contributed by atoms with Crippen molar-refractivity contribution in [1.82, 2.24) is 10.3 Å². The molecular weight excluding hydrogens is 362 g/mol. The third-order valence-electron chi connectivity index (χ3n) is 4.25. The van der Waals surface area contributed by atoms with Crippen LogP contribution in [0.25, 0.3) is 0 Å². The molecular formula is C20H25N3O3S. The van der Waals surface area contributed by atoms with E-state index in [1.807, 2.05) is 6.07 Å². The summed E-state index contributed by atoms with van der Waals surface area (Å²) in [6.07, 6.45) is 7.89. The van der Waals surface area contributed by atoms with E-state index in [0.29, 0.717) is 17.1 Å². The molecule has 0 saturated carbocycles. The summed E-state index contributed by atoms with van der Waals surface area (Å²) >= 11 is 1.17. The van der Waals surface area contributed by atoms with E-state index in [-0.39, 0.29) is 18.2 Å². The van der Waals surface area contributed by atoms with Crippen LogP contribution in [0.4, 0.5) is 0 Å². The molecule has 27 heavy (non-hydrogen) atoms. The lowest BCUT2D eigenvalue weighted by molar-refractivity contribution is -0.120. The normalized spacial score (nSPS) is 14.6. The predicted molar refractivity (Wildman–Crippen MR) is 104 cm³/mol. The number of carbonyl (C=O) groups is 2. The Balaban J connectivity index is 1.94. The van der Waals surface area contributed by atoms with Crippen LogP contribution >= 0.6 is 11.8 Å². The number of carbonyl (C=O) groups excluding carboxylic acids is 2. The SMILES string of the molecule is CCOC(=O)c1ccc(C#N)c(S[C@@H](C)C(=O)NCCC2=CCCCC2)n1. The largest absolute Gasteiger partial charge is 0.461 e. The van der Waals surface area contributed by atoms with Crippen LogP contribution in [0, 0.1) is 11.3 Å². The van der Waals surface area contributed by atoms with Gasteiger partial charge in [0.2, 0.25) is 5.91 Å². The van der Waals surface area contributed by atoms with Crippen LogP contribution in [-0.4, -0.2) is 35.3 Å². The van der Waals surface area contributed by atoms with Crippen LogP contribution in [0.15, 0.2) is 28.8 Å². The first-order valence-corrected chi connectivity index (χ1v) is 10.1. The fraction of sp³-hybridized carbons (Fsp3) is 0.500. The number of nitrogens with one attached hydrogen (secondary N) is 1. The van der Waals surface area contributed by atoms with Crippen LogP contribution in [0.1, 0.15) is 62.0 Å². The molecule has 1 aliphatic carbocycles. The molecule has 1 N–H and O–H groups in total. The predicted octanol–water partition coefficient (Wildman–Crippen LogP) is 3.62. The number of hydrogen-bond acceptors (Lipinski definition) is 6. The van der Waals surface area contributed by atoms with Gasteiger partial charge in [-0.25, -0.2) is 9.78 Å². The first-order chi connectivity index (χ1) is 13.0. The highest BCUT2D eigenvalue weighted by Crippen LogP contribution is 2.25. The number of hydrogen-bond donors (Lipinski definition) is 1. The van der Waals surface area contributed by atoms with E-state index in [0.717, 1.165) is 19.3 Å². The maximum absolute atomic E-state index is 12.4. The lowest BCUT2D eigenvalue weighted by Gasteiger charge is -2.15. The Morgan fingerprint density at radius 2 is 2.22 bits per heavy atom.